The van der Waals surface area contributed by atoms with E-state index >= 15 is 0 Å². The molecule has 1 aliphatic carbocycles. The first kappa shape index (κ1) is 10.8. The summed E-state index contributed by atoms with van der Waals surface area (Å²) in [5.74, 6) is 0.946. The van der Waals surface area contributed by atoms with Gasteiger partial charge in [0.2, 0.25) is 0 Å². The van der Waals surface area contributed by atoms with E-state index in [4.69, 9.17) is 5.11 Å². The van der Waals surface area contributed by atoms with Crippen molar-refractivity contribution >= 4 is 5.97 Å². The van der Waals surface area contributed by atoms with Crippen LogP contribution < -0.4 is 0 Å². The van der Waals surface area contributed by atoms with E-state index in [0.29, 0.717) is 12.3 Å². The molecule has 4 nitrogen and oxygen atoms in total. The fourth-order valence-electron chi connectivity index (χ4n) is 3.21. The van der Waals surface area contributed by atoms with E-state index < -0.39 is 5.97 Å². The minimum Gasteiger partial charge on any atom is -0.481 e. The molecule has 1 aliphatic heterocycles. The average Bonchev–Trinajstić information content (AvgIpc) is 2.96. The zero-order valence-electron chi connectivity index (χ0n) is 9.93. The van der Waals surface area contributed by atoms with Gasteiger partial charge in [-0.3, -0.25) is 4.79 Å². The van der Waals surface area contributed by atoms with E-state index in [1.807, 2.05) is 6.20 Å². The molecule has 2 aliphatic rings. The van der Waals surface area contributed by atoms with Crippen molar-refractivity contribution in [2.45, 2.75) is 51.0 Å². The maximum absolute atomic E-state index is 11.0. The number of aromatic nitrogens is 2. The Morgan fingerprint density at radius 2 is 2.12 bits per heavy atom. The summed E-state index contributed by atoms with van der Waals surface area (Å²) in [6, 6.07) is 0. The predicted molar refractivity (Wildman–Crippen MR) is 62.9 cm³/mol. The van der Waals surface area contributed by atoms with Gasteiger partial charge < -0.3 is 9.67 Å². The molecule has 1 aromatic rings. The third-order valence-electron chi connectivity index (χ3n) is 4.20. The van der Waals surface area contributed by atoms with Crippen LogP contribution in [0.1, 0.15) is 49.5 Å². The van der Waals surface area contributed by atoms with Crippen molar-refractivity contribution < 1.29 is 9.90 Å². The molecular formula is C13H18N2O2. The molecule has 1 saturated carbocycles. The Bertz CT molecular complexity index is 433. The molecule has 17 heavy (non-hydrogen) atoms. The normalized spacial score (nSPS) is 24.8. The average molecular weight is 234 g/mol. The second-order valence-corrected chi connectivity index (χ2v) is 5.27. The highest BCUT2D eigenvalue weighted by molar-refractivity contribution is 5.70. The standard InChI is InChI=1S/C13H18N2O2/c16-13(17)10-5-6-15-11(7-10)8-14-12(15)9-3-1-2-4-9/h8-10H,1-7H2,(H,16,17). The van der Waals surface area contributed by atoms with E-state index in [-0.39, 0.29) is 5.92 Å². The van der Waals surface area contributed by atoms with Crippen LogP contribution in [0.2, 0.25) is 0 Å². The van der Waals surface area contributed by atoms with E-state index in [0.717, 1.165) is 18.7 Å². The lowest BCUT2D eigenvalue weighted by Gasteiger charge is -2.23. The van der Waals surface area contributed by atoms with Crippen LogP contribution in [0.5, 0.6) is 0 Å². The van der Waals surface area contributed by atoms with Gasteiger partial charge in [-0.2, -0.15) is 0 Å². The Labute approximate surface area is 101 Å². The fraction of sp³-hybridized carbons (Fsp3) is 0.692. The Morgan fingerprint density at radius 3 is 2.82 bits per heavy atom. The van der Waals surface area contributed by atoms with Crippen LogP contribution in [0, 0.1) is 5.92 Å². The number of aliphatic carboxylic acids is 1. The van der Waals surface area contributed by atoms with Crippen molar-refractivity contribution in [2.75, 3.05) is 0 Å². The Hall–Kier alpha value is -1.32. The van der Waals surface area contributed by atoms with E-state index in [1.165, 1.54) is 31.5 Å². The summed E-state index contributed by atoms with van der Waals surface area (Å²) in [5.41, 5.74) is 1.12. The molecule has 1 N–H and O–H groups in total. The molecule has 0 aromatic carbocycles. The highest BCUT2D eigenvalue weighted by Crippen LogP contribution is 2.35. The van der Waals surface area contributed by atoms with Crippen LogP contribution in [-0.4, -0.2) is 20.6 Å². The summed E-state index contributed by atoms with van der Waals surface area (Å²) in [4.78, 5) is 15.5. The van der Waals surface area contributed by atoms with Gasteiger partial charge >= 0.3 is 5.97 Å². The lowest BCUT2D eigenvalue weighted by molar-refractivity contribution is -0.142. The van der Waals surface area contributed by atoms with Crippen LogP contribution in [0.25, 0.3) is 0 Å². The summed E-state index contributed by atoms with van der Waals surface area (Å²) in [5, 5.41) is 9.05. The smallest absolute Gasteiger partial charge is 0.306 e. The highest BCUT2D eigenvalue weighted by Gasteiger charge is 2.29. The molecule has 0 bridgehead atoms. The van der Waals surface area contributed by atoms with Crippen molar-refractivity contribution in [2.24, 2.45) is 5.92 Å². The number of rotatable bonds is 2. The molecular weight excluding hydrogens is 216 g/mol. The minimum absolute atomic E-state index is 0.212. The topological polar surface area (TPSA) is 55.1 Å². The van der Waals surface area contributed by atoms with E-state index in [9.17, 15) is 4.79 Å². The van der Waals surface area contributed by atoms with Gasteiger partial charge in [-0.05, 0) is 19.3 Å². The lowest BCUT2D eigenvalue weighted by atomic mass is 9.96. The second-order valence-electron chi connectivity index (χ2n) is 5.27. The quantitative estimate of drug-likeness (QED) is 0.853. The summed E-state index contributed by atoms with van der Waals surface area (Å²) < 4.78 is 2.27. The van der Waals surface area contributed by atoms with E-state index in [1.54, 1.807) is 0 Å². The van der Waals surface area contributed by atoms with Crippen LogP contribution >= 0.6 is 0 Å². The molecule has 0 amide bonds. The van der Waals surface area contributed by atoms with Gasteiger partial charge in [-0.15, -0.1) is 0 Å². The van der Waals surface area contributed by atoms with Crippen LogP contribution in [-0.2, 0) is 17.8 Å². The Balaban J connectivity index is 1.84. The number of hydrogen-bond donors (Lipinski definition) is 1. The van der Waals surface area contributed by atoms with Crippen molar-refractivity contribution in [1.82, 2.24) is 9.55 Å². The van der Waals surface area contributed by atoms with Crippen LogP contribution in [0.3, 0.4) is 0 Å². The monoisotopic (exact) mass is 234 g/mol. The summed E-state index contributed by atoms with van der Waals surface area (Å²) in [6.45, 7) is 0.831. The molecule has 1 fully saturated rings. The highest BCUT2D eigenvalue weighted by atomic mass is 16.4. The molecule has 3 rings (SSSR count). The summed E-state index contributed by atoms with van der Waals surface area (Å²) >= 11 is 0. The fourth-order valence-corrected chi connectivity index (χ4v) is 3.21. The first-order valence-corrected chi connectivity index (χ1v) is 6.53. The molecule has 1 aromatic heterocycles. The molecule has 92 valence electrons. The number of carboxylic acids is 1. The van der Waals surface area contributed by atoms with Gasteiger partial charge in [-0.1, -0.05) is 12.8 Å². The molecule has 1 atom stereocenters. The first-order chi connectivity index (χ1) is 8.25. The molecule has 0 saturated heterocycles. The van der Waals surface area contributed by atoms with E-state index in [2.05, 4.69) is 9.55 Å². The predicted octanol–water partition coefficient (Wildman–Crippen LogP) is 2.19. The van der Waals surface area contributed by atoms with Gasteiger partial charge in [0.15, 0.2) is 0 Å². The van der Waals surface area contributed by atoms with Gasteiger partial charge in [-0.25, -0.2) is 4.98 Å². The minimum atomic E-state index is -0.667. The maximum atomic E-state index is 11.0. The maximum Gasteiger partial charge on any atom is 0.306 e. The first-order valence-electron chi connectivity index (χ1n) is 6.53. The molecule has 2 heterocycles. The molecule has 1 unspecified atom stereocenters. The summed E-state index contributed by atoms with van der Waals surface area (Å²) in [7, 11) is 0. The summed E-state index contributed by atoms with van der Waals surface area (Å²) in [6.07, 6.45) is 8.41. The third kappa shape index (κ3) is 1.85. The Kier molecular flexibility index (Phi) is 2.65. The number of hydrogen-bond acceptors (Lipinski definition) is 2. The van der Waals surface area contributed by atoms with Gasteiger partial charge in [0.1, 0.15) is 5.82 Å². The van der Waals surface area contributed by atoms with Crippen LogP contribution in [0.4, 0.5) is 0 Å². The van der Waals surface area contributed by atoms with Gasteiger partial charge in [0, 0.05) is 30.8 Å². The zero-order valence-corrected chi connectivity index (χ0v) is 9.93. The largest absolute Gasteiger partial charge is 0.481 e. The van der Waals surface area contributed by atoms with Crippen LogP contribution in [0.15, 0.2) is 6.20 Å². The number of carbonyl (C=O) groups is 1. The molecule has 0 spiro atoms. The Morgan fingerprint density at radius 1 is 1.35 bits per heavy atom. The number of carboxylic acid groups (broad SMARTS) is 1. The zero-order chi connectivity index (χ0) is 11.8. The van der Waals surface area contributed by atoms with Gasteiger partial charge in [0.05, 0.1) is 5.92 Å². The SMILES string of the molecule is O=C(O)C1CCn2c(cnc2C2CCCC2)C1. The molecule has 4 heteroatoms. The third-order valence-corrected chi connectivity index (χ3v) is 4.20. The number of fused-ring (bicyclic) bond motifs is 1. The van der Waals surface area contributed by atoms with Crippen molar-refractivity contribution in [3.8, 4) is 0 Å². The lowest BCUT2D eigenvalue weighted by Crippen LogP contribution is -2.26. The van der Waals surface area contributed by atoms with Crippen molar-refractivity contribution in [3.05, 3.63) is 17.7 Å². The van der Waals surface area contributed by atoms with Crippen molar-refractivity contribution in [3.63, 3.8) is 0 Å². The second kappa shape index (κ2) is 4.17. The molecule has 0 radical (unpaired) electrons. The number of imidazole rings is 1. The van der Waals surface area contributed by atoms with Gasteiger partial charge in [0.25, 0.3) is 0 Å². The van der Waals surface area contributed by atoms with Crippen molar-refractivity contribution in [1.29, 1.82) is 0 Å². The number of nitrogens with zero attached hydrogens (tertiary/aromatic N) is 2.